The van der Waals surface area contributed by atoms with Crippen LogP contribution in [0.25, 0.3) is 32.5 Å². The van der Waals surface area contributed by atoms with Gasteiger partial charge in [0.1, 0.15) is 11.8 Å². The standard InChI is InChI=1S/C15H12ClN9/c16-11-2-1-8(12-10(11)3-9(23-12)4-22-24-18)5-25-7-21-13-14(17)19-6-20-15(13)25/h1-3,6-7,23H,4-5H2,(H2,17,19,20). The first-order valence-electron chi connectivity index (χ1n) is 7.38. The van der Waals surface area contributed by atoms with Crippen molar-refractivity contribution < 1.29 is 0 Å². The monoisotopic (exact) mass is 353 g/mol. The van der Waals surface area contributed by atoms with Gasteiger partial charge in [0, 0.05) is 21.0 Å². The van der Waals surface area contributed by atoms with Gasteiger partial charge in [0.05, 0.1) is 24.9 Å². The van der Waals surface area contributed by atoms with Crippen molar-refractivity contribution in [2.75, 3.05) is 5.73 Å². The van der Waals surface area contributed by atoms with E-state index in [1.165, 1.54) is 6.33 Å². The molecule has 4 rings (SSSR count). The fraction of sp³-hybridized carbons (Fsp3) is 0.133. The van der Waals surface area contributed by atoms with E-state index >= 15 is 0 Å². The largest absolute Gasteiger partial charge is 0.382 e. The number of azide groups is 1. The number of benzene rings is 1. The molecule has 0 radical (unpaired) electrons. The van der Waals surface area contributed by atoms with E-state index < -0.39 is 0 Å². The Labute approximate surface area is 146 Å². The van der Waals surface area contributed by atoms with Crippen LogP contribution in [0.4, 0.5) is 5.82 Å². The summed E-state index contributed by atoms with van der Waals surface area (Å²) in [6.07, 6.45) is 3.10. The summed E-state index contributed by atoms with van der Waals surface area (Å²) in [5.74, 6) is 0.349. The Morgan fingerprint density at radius 2 is 2.20 bits per heavy atom. The zero-order valence-corrected chi connectivity index (χ0v) is 13.6. The minimum absolute atomic E-state index is 0.235. The van der Waals surface area contributed by atoms with E-state index in [4.69, 9.17) is 22.9 Å². The third-order valence-corrected chi connectivity index (χ3v) is 4.29. The molecular formula is C15H12ClN9. The van der Waals surface area contributed by atoms with Gasteiger partial charge in [-0.15, -0.1) is 0 Å². The summed E-state index contributed by atoms with van der Waals surface area (Å²) in [5, 5.41) is 5.09. The number of halogens is 1. The number of aromatic nitrogens is 5. The molecule has 3 aromatic heterocycles. The molecule has 0 saturated carbocycles. The zero-order valence-electron chi connectivity index (χ0n) is 12.9. The molecule has 0 bridgehead atoms. The number of rotatable bonds is 4. The molecule has 1 aromatic carbocycles. The Morgan fingerprint density at radius 3 is 3.04 bits per heavy atom. The van der Waals surface area contributed by atoms with Gasteiger partial charge in [0.15, 0.2) is 11.5 Å². The van der Waals surface area contributed by atoms with Gasteiger partial charge in [-0.1, -0.05) is 22.8 Å². The molecule has 0 aliphatic heterocycles. The van der Waals surface area contributed by atoms with Crippen molar-refractivity contribution in [2.24, 2.45) is 5.11 Å². The molecule has 0 saturated heterocycles. The molecule has 3 heterocycles. The van der Waals surface area contributed by atoms with Crippen LogP contribution < -0.4 is 5.73 Å². The van der Waals surface area contributed by atoms with E-state index in [0.717, 1.165) is 22.2 Å². The number of hydrogen-bond donors (Lipinski definition) is 2. The Bertz CT molecular complexity index is 1140. The lowest BCUT2D eigenvalue weighted by Gasteiger charge is -2.07. The fourth-order valence-corrected chi connectivity index (χ4v) is 3.03. The topological polar surface area (TPSA) is 134 Å². The predicted molar refractivity (Wildman–Crippen MR) is 95.0 cm³/mol. The number of imidazole rings is 1. The molecule has 0 aliphatic carbocycles. The van der Waals surface area contributed by atoms with Crippen LogP contribution in [0.15, 0.2) is 36.0 Å². The van der Waals surface area contributed by atoms with Gasteiger partial charge in [0.2, 0.25) is 0 Å². The lowest BCUT2D eigenvalue weighted by molar-refractivity contribution is 0.816. The van der Waals surface area contributed by atoms with Gasteiger partial charge in [-0.2, -0.15) is 0 Å². The normalized spacial score (nSPS) is 11.1. The van der Waals surface area contributed by atoms with Gasteiger partial charge in [-0.3, -0.25) is 0 Å². The third-order valence-electron chi connectivity index (χ3n) is 3.96. The number of anilines is 1. The minimum Gasteiger partial charge on any atom is -0.382 e. The molecule has 4 aromatic rings. The number of hydrogen-bond acceptors (Lipinski definition) is 5. The van der Waals surface area contributed by atoms with Crippen molar-refractivity contribution in [3.63, 3.8) is 0 Å². The fourth-order valence-electron chi connectivity index (χ4n) is 2.82. The second-order valence-electron chi connectivity index (χ2n) is 5.48. The highest BCUT2D eigenvalue weighted by Gasteiger charge is 2.12. The van der Waals surface area contributed by atoms with Crippen LogP contribution in [0.5, 0.6) is 0 Å². The predicted octanol–water partition coefficient (Wildman–Crippen LogP) is 3.40. The Hall–Kier alpha value is -3.29. The number of nitrogens with two attached hydrogens (primary N) is 1. The van der Waals surface area contributed by atoms with Crippen LogP contribution >= 0.6 is 11.6 Å². The molecule has 0 amide bonds. The summed E-state index contributed by atoms with van der Waals surface area (Å²) in [6, 6.07) is 5.67. The highest BCUT2D eigenvalue weighted by molar-refractivity contribution is 6.35. The molecule has 0 unspecified atom stereocenters. The molecule has 124 valence electrons. The van der Waals surface area contributed by atoms with Crippen LogP contribution in [0.2, 0.25) is 5.02 Å². The third kappa shape index (κ3) is 2.61. The first-order chi connectivity index (χ1) is 12.2. The lowest BCUT2D eigenvalue weighted by atomic mass is 10.1. The maximum Gasteiger partial charge on any atom is 0.165 e. The number of nitrogen functional groups attached to an aromatic ring is 1. The molecule has 25 heavy (non-hydrogen) atoms. The summed E-state index contributed by atoms with van der Waals surface area (Å²) >= 11 is 6.29. The van der Waals surface area contributed by atoms with Crippen molar-refractivity contribution in [1.29, 1.82) is 0 Å². The van der Waals surface area contributed by atoms with E-state index in [1.54, 1.807) is 6.33 Å². The first kappa shape index (κ1) is 15.3. The van der Waals surface area contributed by atoms with E-state index in [0.29, 0.717) is 28.5 Å². The highest BCUT2D eigenvalue weighted by Crippen LogP contribution is 2.29. The molecule has 0 atom stereocenters. The number of H-pyrrole nitrogens is 1. The Morgan fingerprint density at radius 1 is 1.32 bits per heavy atom. The molecule has 0 spiro atoms. The maximum atomic E-state index is 8.49. The first-order valence-corrected chi connectivity index (χ1v) is 7.76. The molecule has 0 fully saturated rings. The zero-order chi connectivity index (χ0) is 17.4. The molecule has 9 nitrogen and oxygen atoms in total. The summed E-state index contributed by atoms with van der Waals surface area (Å²) in [7, 11) is 0. The number of aromatic amines is 1. The highest BCUT2D eigenvalue weighted by atomic mass is 35.5. The van der Waals surface area contributed by atoms with Crippen molar-refractivity contribution >= 4 is 39.5 Å². The van der Waals surface area contributed by atoms with E-state index in [1.807, 2.05) is 22.8 Å². The smallest absolute Gasteiger partial charge is 0.165 e. The number of nitrogens with zero attached hydrogens (tertiary/aromatic N) is 7. The van der Waals surface area contributed by atoms with Gasteiger partial charge in [0.25, 0.3) is 0 Å². The van der Waals surface area contributed by atoms with Crippen molar-refractivity contribution in [2.45, 2.75) is 13.1 Å². The summed E-state index contributed by atoms with van der Waals surface area (Å²) < 4.78 is 1.89. The molecule has 0 aliphatic rings. The van der Waals surface area contributed by atoms with Gasteiger partial charge >= 0.3 is 0 Å². The second-order valence-corrected chi connectivity index (χ2v) is 5.89. The summed E-state index contributed by atoms with van der Waals surface area (Å²) in [4.78, 5) is 18.5. The van der Waals surface area contributed by atoms with Crippen LogP contribution in [0, 0.1) is 0 Å². The van der Waals surface area contributed by atoms with Gasteiger partial charge < -0.3 is 15.3 Å². The van der Waals surface area contributed by atoms with Crippen LogP contribution in [0.1, 0.15) is 11.3 Å². The van der Waals surface area contributed by atoms with E-state index in [2.05, 4.69) is 30.0 Å². The minimum atomic E-state index is 0.235. The van der Waals surface area contributed by atoms with Crippen molar-refractivity contribution in [1.82, 2.24) is 24.5 Å². The van der Waals surface area contributed by atoms with Crippen LogP contribution in [-0.2, 0) is 13.1 Å². The average Bonchev–Trinajstić information content (AvgIpc) is 3.21. The number of nitrogens with one attached hydrogen (secondary N) is 1. The van der Waals surface area contributed by atoms with Crippen LogP contribution in [-0.4, -0.2) is 24.5 Å². The number of fused-ring (bicyclic) bond motifs is 2. The maximum absolute atomic E-state index is 8.49. The quantitative estimate of drug-likeness (QED) is 0.330. The Balaban J connectivity index is 1.80. The molecular weight excluding hydrogens is 342 g/mol. The average molecular weight is 354 g/mol. The summed E-state index contributed by atoms with van der Waals surface area (Å²) in [5.41, 5.74) is 18.2. The van der Waals surface area contributed by atoms with Crippen molar-refractivity contribution in [3.05, 3.63) is 57.6 Å². The summed E-state index contributed by atoms with van der Waals surface area (Å²) in [6.45, 7) is 0.765. The van der Waals surface area contributed by atoms with Crippen LogP contribution in [0.3, 0.4) is 0 Å². The molecule has 10 heteroatoms. The lowest BCUT2D eigenvalue weighted by Crippen LogP contribution is -2.01. The van der Waals surface area contributed by atoms with Gasteiger partial charge in [-0.25, -0.2) is 15.0 Å². The molecule has 3 N–H and O–H groups in total. The SMILES string of the molecule is [N-]=[N+]=NCc1cc2c(Cl)ccc(Cn3cnc4c(N)ncnc43)c2[nH]1. The van der Waals surface area contributed by atoms with E-state index in [-0.39, 0.29) is 6.54 Å². The Kier molecular flexibility index (Phi) is 3.64. The van der Waals surface area contributed by atoms with E-state index in [9.17, 15) is 0 Å². The second kappa shape index (κ2) is 5.97. The van der Waals surface area contributed by atoms with Gasteiger partial charge in [-0.05, 0) is 23.2 Å². The van der Waals surface area contributed by atoms with Crippen molar-refractivity contribution in [3.8, 4) is 0 Å².